The summed E-state index contributed by atoms with van der Waals surface area (Å²) in [6, 6.07) is 6.78. The van der Waals surface area contributed by atoms with Crippen molar-refractivity contribution in [1.82, 2.24) is 9.88 Å². The van der Waals surface area contributed by atoms with Crippen molar-refractivity contribution < 1.29 is 13.9 Å². The first-order valence-corrected chi connectivity index (χ1v) is 8.65. The molecule has 0 atom stereocenters. The van der Waals surface area contributed by atoms with Gasteiger partial charge in [-0.15, -0.1) is 0 Å². The standard InChI is InChI=1S/C20H25FN2O2/c1-20(2,3)25-19(24)23(4)12-14-11-22-18(17(14)13-9-10-13)15-7-5-6-8-16(15)21/h5-8,11,13,22H,9-10,12H2,1-4H3. The van der Waals surface area contributed by atoms with Gasteiger partial charge in [0.05, 0.1) is 12.2 Å². The maximum absolute atomic E-state index is 14.2. The van der Waals surface area contributed by atoms with E-state index in [1.807, 2.05) is 33.0 Å². The second kappa shape index (κ2) is 6.54. The molecule has 0 unspecified atom stereocenters. The van der Waals surface area contributed by atoms with Crippen LogP contribution in [0.5, 0.6) is 0 Å². The van der Waals surface area contributed by atoms with Crippen LogP contribution in [-0.4, -0.2) is 28.6 Å². The summed E-state index contributed by atoms with van der Waals surface area (Å²) in [5, 5.41) is 0. The van der Waals surface area contributed by atoms with E-state index in [1.165, 1.54) is 6.07 Å². The normalized spacial score (nSPS) is 14.4. The summed E-state index contributed by atoms with van der Waals surface area (Å²) in [5.41, 5.74) is 3.03. The van der Waals surface area contributed by atoms with Gasteiger partial charge in [-0.05, 0) is 62.8 Å². The number of hydrogen-bond acceptors (Lipinski definition) is 2. The first kappa shape index (κ1) is 17.5. The van der Waals surface area contributed by atoms with Gasteiger partial charge >= 0.3 is 6.09 Å². The number of aromatic nitrogens is 1. The van der Waals surface area contributed by atoms with Gasteiger partial charge in [0.15, 0.2) is 0 Å². The third-order valence-electron chi connectivity index (χ3n) is 4.25. The zero-order valence-corrected chi connectivity index (χ0v) is 15.2. The number of benzene rings is 1. The highest BCUT2D eigenvalue weighted by atomic mass is 19.1. The molecule has 1 aliphatic rings. The number of aromatic amines is 1. The summed E-state index contributed by atoms with van der Waals surface area (Å²) in [4.78, 5) is 17.0. The van der Waals surface area contributed by atoms with Crippen molar-refractivity contribution in [3.63, 3.8) is 0 Å². The summed E-state index contributed by atoms with van der Waals surface area (Å²) >= 11 is 0. The minimum absolute atomic E-state index is 0.238. The third kappa shape index (κ3) is 4.03. The lowest BCUT2D eigenvalue weighted by Gasteiger charge is -2.24. The van der Waals surface area contributed by atoms with Gasteiger partial charge in [0.1, 0.15) is 11.4 Å². The van der Waals surface area contributed by atoms with E-state index in [-0.39, 0.29) is 11.9 Å². The Hall–Kier alpha value is -2.30. The fourth-order valence-electron chi connectivity index (χ4n) is 2.99. The van der Waals surface area contributed by atoms with Crippen molar-refractivity contribution in [1.29, 1.82) is 0 Å². The van der Waals surface area contributed by atoms with E-state index in [0.29, 0.717) is 18.0 Å². The van der Waals surface area contributed by atoms with Crippen LogP contribution < -0.4 is 0 Å². The second-order valence-corrected chi connectivity index (χ2v) is 7.69. The van der Waals surface area contributed by atoms with Gasteiger partial charge in [-0.2, -0.15) is 0 Å². The molecule has 4 nitrogen and oxygen atoms in total. The summed E-state index contributed by atoms with van der Waals surface area (Å²) in [7, 11) is 1.72. The number of nitrogens with zero attached hydrogens (tertiary/aromatic N) is 1. The van der Waals surface area contributed by atoms with Crippen molar-refractivity contribution in [2.75, 3.05) is 7.05 Å². The van der Waals surface area contributed by atoms with Gasteiger partial charge in [-0.1, -0.05) is 12.1 Å². The maximum Gasteiger partial charge on any atom is 0.410 e. The van der Waals surface area contributed by atoms with Crippen LogP contribution in [0.1, 0.15) is 50.7 Å². The summed E-state index contributed by atoms with van der Waals surface area (Å²) in [6.45, 7) is 5.98. The molecule has 1 fully saturated rings. The van der Waals surface area contributed by atoms with Crippen molar-refractivity contribution in [2.24, 2.45) is 0 Å². The second-order valence-electron chi connectivity index (χ2n) is 7.69. The molecule has 3 rings (SSSR count). The molecular weight excluding hydrogens is 319 g/mol. The monoisotopic (exact) mass is 344 g/mol. The minimum Gasteiger partial charge on any atom is -0.444 e. The first-order valence-electron chi connectivity index (χ1n) is 8.65. The molecule has 0 radical (unpaired) electrons. The molecule has 1 aromatic carbocycles. The zero-order chi connectivity index (χ0) is 18.2. The molecule has 1 N–H and O–H groups in total. The van der Waals surface area contributed by atoms with E-state index < -0.39 is 5.60 Å². The Bertz CT molecular complexity index is 772. The van der Waals surface area contributed by atoms with Gasteiger partial charge in [0.25, 0.3) is 0 Å². The molecule has 1 aromatic heterocycles. The molecule has 0 saturated heterocycles. The van der Waals surface area contributed by atoms with Gasteiger partial charge in [0, 0.05) is 18.8 Å². The van der Waals surface area contributed by atoms with Crippen LogP contribution in [0.3, 0.4) is 0 Å². The maximum atomic E-state index is 14.2. The Morgan fingerprint density at radius 3 is 2.60 bits per heavy atom. The van der Waals surface area contributed by atoms with E-state index in [1.54, 1.807) is 24.1 Å². The number of nitrogens with one attached hydrogen (secondary N) is 1. The molecule has 5 heteroatoms. The Labute approximate surface area is 148 Å². The van der Waals surface area contributed by atoms with Gasteiger partial charge < -0.3 is 14.6 Å². The van der Waals surface area contributed by atoms with Crippen molar-refractivity contribution in [3.05, 3.63) is 47.4 Å². The number of carbonyl (C=O) groups is 1. The van der Waals surface area contributed by atoms with E-state index in [0.717, 1.165) is 29.7 Å². The molecular formula is C20H25FN2O2. The number of carbonyl (C=O) groups excluding carboxylic acids is 1. The fourth-order valence-corrected chi connectivity index (χ4v) is 2.99. The summed E-state index contributed by atoms with van der Waals surface area (Å²) in [6.07, 6.45) is 3.73. The lowest BCUT2D eigenvalue weighted by Crippen LogP contribution is -2.33. The van der Waals surface area contributed by atoms with E-state index in [2.05, 4.69) is 4.98 Å². The predicted molar refractivity (Wildman–Crippen MR) is 95.9 cm³/mol. The average molecular weight is 344 g/mol. The average Bonchev–Trinajstić information content (AvgIpc) is 3.27. The number of rotatable bonds is 4. The minimum atomic E-state index is -0.527. The molecule has 134 valence electrons. The SMILES string of the molecule is CN(Cc1c[nH]c(-c2ccccc2F)c1C1CC1)C(=O)OC(C)(C)C. The lowest BCUT2D eigenvalue weighted by atomic mass is 10.0. The van der Waals surface area contributed by atoms with Crippen LogP contribution in [0, 0.1) is 5.82 Å². The Morgan fingerprint density at radius 2 is 2.00 bits per heavy atom. The zero-order valence-electron chi connectivity index (χ0n) is 15.2. The van der Waals surface area contributed by atoms with E-state index in [9.17, 15) is 9.18 Å². The molecule has 25 heavy (non-hydrogen) atoms. The summed E-state index contributed by atoms with van der Waals surface area (Å²) in [5.74, 6) is 0.196. The molecule has 0 spiro atoms. The quantitative estimate of drug-likeness (QED) is 0.842. The number of H-pyrrole nitrogens is 1. The van der Waals surface area contributed by atoms with E-state index in [4.69, 9.17) is 4.74 Å². The van der Waals surface area contributed by atoms with Crippen LogP contribution in [0.15, 0.2) is 30.5 Å². The Morgan fingerprint density at radius 1 is 1.32 bits per heavy atom. The molecule has 2 aromatic rings. The molecule has 0 bridgehead atoms. The molecule has 1 saturated carbocycles. The topological polar surface area (TPSA) is 45.3 Å². The largest absolute Gasteiger partial charge is 0.444 e. The van der Waals surface area contributed by atoms with Crippen LogP contribution in [-0.2, 0) is 11.3 Å². The van der Waals surface area contributed by atoms with Gasteiger partial charge in [0.2, 0.25) is 0 Å². The highest BCUT2D eigenvalue weighted by Gasteiger charge is 2.32. The summed E-state index contributed by atoms with van der Waals surface area (Å²) < 4.78 is 19.6. The first-order chi connectivity index (χ1) is 11.8. The van der Waals surface area contributed by atoms with Crippen LogP contribution in [0.2, 0.25) is 0 Å². The smallest absolute Gasteiger partial charge is 0.410 e. The van der Waals surface area contributed by atoms with Crippen LogP contribution >= 0.6 is 0 Å². The Balaban J connectivity index is 1.86. The van der Waals surface area contributed by atoms with Crippen molar-refractivity contribution in [2.45, 2.75) is 51.7 Å². The van der Waals surface area contributed by atoms with Crippen LogP contribution in [0.4, 0.5) is 9.18 Å². The van der Waals surface area contributed by atoms with E-state index >= 15 is 0 Å². The molecule has 1 amide bonds. The molecule has 0 aliphatic heterocycles. The lowest BCUT2D eigenvalue weighted by molar-refractivity contribution is 0.0285. The molecule has 1 aliphatic carbocycles. The highest BCUT2D eigenvalue weighted by molar-refractivity contribution is 5.70. The Kier molecular flexibility index (Phi) is 4.58. The van der Waals surface area contributed by atoms with Gasteiger partial charge in [-0.25, -0.2) is 9.18 Å². The van der Waals surface area contributed by atoms with Crippen molar-refractivity contribution in [3.8, 4) is 11.3 Å². The predicted octanol–water partition coefficient (Wildman–Crippen LogP) is 5.07. The highest BCUT2D eigenvalue weighted by Crippen LogP contribution is 2.46. The number of halogens is 1. The van der Waals surface area contributed by atoms with Crippen LogP contribution in [0.25, 0.3) is 11.3 Å². The number of ether oxygens (including phenoxy) is 1. The molecule has 1 heterocycles. The third-order valence-corrected chi connectivity index (χ3v) is 4.25. The van der Waals surface area contributed by atoms with Gasteiger partial charge in [-0.3, -0.25) is 0 Å². The fraction of sp³-hybridized carbons (Fsp3) is 0.450. The number of hydrogen-bond donors (Lipinski definition) is 1. The number of amides is 1. The van der Waals surface area contributed by atoms with Crippen molar-refractivity contribution >= 4 is 6.09 Å².